The monoisotopic (exact) mass is 277 g/mol. The van der Waals surface area contributed by atoms with Crippen molar-refractivity contribution >= 4 is 23.2 Å². The Morgan fingerprint density at radius 1 is 1.45 bits per heavy atom. The van der Waals surface area contributed by atoms with E-state index >= 15 is 0 Å². The second-order valence-corrected chi connectivity index (χ2v) is 3.92. The largest absolute Gasteiger partial charge is 0.338 e. The Morgan fingerprint density at radius 3 is 2.75 bits per heavy atom. The zero-order valence-corrected chi connectivity index (χ0v) is 10.4. The molecule has 4 N–H and O–H groups in total. The molecule has 20 heavy (non-hydrogen) atoms. The highest BCUT2D eigenvalue weighted by molar-refractivity contribution is 6.04. The quantitative estimate of drug-likeness (QED) is 0.436. The van der Waals surface area contributed by atoms with Crippen molar-refractivity contribution in [1.82, 2.24) is 5.16 Å². The average Bonchev–Trinajstić information content (AvgIpc) is 2.83. The standard InChI is InChI=1S/C11H11N5O4/c1-6-4-10(20-15-6)13-11(17)7-2-3-8(14-12)9(5-7)16(18)19/h2-5,14H,12H2,1H3,(H,13,17). The summed E-state index contributed by atoms with van der Waals surface area (Å²) >= 11 is 0. The van der Waals surface area contributed by atoms with E-state index in [1.807, 2.05) is 0 Å². The molecule has 104 valence electrons. The third-order valence-corrected chi connectivity index (χ3v) is 2.48. The summed E-state index contributed by atoms with van der Waals surface area (Å²) < 4.78 is 4.83. The molecule has 0 fully saturated rings. The van der Waals surface area contributed by atoms with Gasteiger partial charge in [-0.2, -0.15) is 0 Å². The van der Waals surface area contributed by atoms with Gasteiger partial charge in [0.2, 0.25) is 5.88 Å². The van der Waals surface area contributed by atoms with Crippen molar-refractivity contribution in [3.63, 3.8) is 0 Å². The van der Waals surface area contributed by atoms with E-state index in [2.05, 4.69) is 15.9 Å². The van der Waals surface area contributed by atoms with Gasteiger partial charge in [-0.15, -0.1) is 0 Å². The van der Waals surface area contributed by atoms with E-state index in [9.17, 15) is 14.9 Å². The summed E-state index contributed by atoms with van der Waals surface area (Å²) in [4.78, 5) is 22.2. The fourth-order valence-corrected chi connectivity index (χ4v) is 1.55. The molecule has 0 atom stereocenters. The highest BCUT2D eigenvalue weighted by atomic mass is 16.6. The second-order valence-electron chi connectivity index (χ2n) is 3.92. The zero-order chi connectivity index (χ0) is 14.7. The molecular weight excluding hydrogens is 266 g/mol. The van der Waals surface area contributed by atoms with Gasteiger partial charge in [0.1, 0.15) is 5.69 Å². The molecule has 1 aromatic heterocycles. The fraction of sp³-hybridized carbons (Fsp3) is 0.0909. The first-order valence-electron chi connectivity index (χ1n) is 5.51. The SMILES string of the molecule is Cc1cc(NC(=O)c2ccc(NN)c([N+](=O)[O-])c2)on1. The van der Waals surface area contributed by atoms with Crippen LogP contribution in [0.15, 0.2) is 28.8 Å². The second kappa shape index (κ2) is 5.36. The number of benzene rings is 1. The lowest BCUT2D eigenvalue weighted by atomic mass is 10.1. The number of aryl methyl sites for hydroxylation is 1. The number of carbonyl (C=O) groups is 1. The van der Waals surface area contributed by atoms with Gasteiger partial charge in [0.25, 0.3) is 11.6 Å². The van der Waals surface area contributed by atoms with Crippen LogP contribution in [-0.4, -0.2) is 16.0 Å². The van der Waals surface area contributed by atoms with Crippen molar-refractivity contribution in [2.24, 2.45) is 5.84 Å². The number of carbonyl (C=O) groups excluding carboxylic acids is 1. The molecule has 2 rings (SSSR count). The maximum atomic E-state index is 11.9. The lowest BCUT2D eigenvalue weighted by Crippen LogP contribution is -2.13. The molecule has 0 saturated carbocycles. The molecule has 2 aromatic rings. The highest BCUT2D eigenvalue weighted by Crippen LogP contribution is 2.25. The Morgan fingerprint density at radius 2 is 2.20 bits per heavy atom. The average molecular weight is 277 g/mol. The van der Waals surface area contributed by atoms with E-state index in [0.29, 0.717) is 5.69 Å². The maximum absolute atomic E-state index is 11.9. The first-order chi connectivity index (χ1) is 9.51. The Bertz CT molecular complexity index is 667. The number of hydrogen-bond acceptors (Lipinski definition) is 7. The molecule has 0 radical (unpaired) electrons. The molecule has 0 bridgehead atoms. The van der Waals surface area contributed by atoms with E-state index < -0.39 is 10.8 Å². The summed E-state index contributed by atoms with van der Waals surface area (Å²) in [7, 11) is 0. The van der Waals surface area contributed by atoms with Gasteiger partial charge >= 0.3 is 0 Å². The lowest BCUT2D eigenvalue weighted by molar-refractivity contribution is -0.384. The molecule has 0 saturated heterocycles. The number of nitrogen functional groups attached to an aromatic ring is 1. The predicted octanol–water partition coefficient (Wildman–Crippen LogP) is 1.43. The number of aromatic nitrogens is 1. The van der Waals surface area contributed by atoms with Crippen molar-refractivity contribution < 1.29 is 14.2 Å². The summed E-state index contributed by atoms with van der Waals surface area (Å²) in [6.45, 7) is 1.70. The van der Waals surface area contributed by atoms with Crippen molar-refractivity contribution in [2.75, 3.05) is 10.7 Å². The molecule has 0 unspecified atom stereocenters. The molecule has 0 aliphatic carbocycles. The van der Waals surface area contributed by atoms with Crippen molar-refractivity contribution in [2.45, 2.75) is 6.92 Å². The smallest absolute Gasteiger partial charge is 0.294 e. The van der Waals surface area contributed by atoms with Gasteiger partial charge in [0, 0.05) is 17.7 Å². The number of nitrogens with two attached hydrogens (primary N) is 1. The number of amides is 1. The summed E-state index contributed by atoms with van der Waals surface area (Å²) in [6, 6.07) is 5.40. The van der Waals surface area contributed by atoms with Crippen molar-refractivity contribution in [1.29, 1.82) is 0 Å². The summed E-state index contributed by atoms with van der Waals surface area (Å²) in [5, 5.41) is 16.9. The Labute approximate surface area is 112 Å². The summed E-state index contributed by atoms with van der Waals surface area (Å²) in [5.41, 5.74) is 2.72. The van der Waals surface area contributed by atoms with Crippen LogP contribution in [0.4, 0.5) is 17.3 Å². The van der Waals surface area contributed by atoms with Crippen LogP contribution in [-0.2, 0) is 0 Å². The Hall–Kier alpha value is -2.94. The highest BCUT2D eigenvalue weighted by Gasteiger charge is 2.17. The molecule has 0 aliphatic rings. The van der Waals surface area contributed by atoms with Gasteiger partial charge in [0.05, 0.1) is 10.6 Å². The number of nitrogens with one attached hydrogen (secondary N) is 2. The van der Waals surface area contributed by atoms with Crippen LogP contribution in [0.3, 0.4) is 0 Å². The van der Waals surface area contributed by atoms with Crippen LogP contribution < -0.4 is 16.6 Å². The molecule has 9 nitrogen and oxygen atoms in total. The van der Waals surface area contributed by atoms with E-state index in [4.69, 9.17) is 10.4 Å². The van der Waals surface area contributed by atoms with Gasteiger partial charge in [-0.1, -0.05) is 5.16 Å². The Kier molecular flexibility index (Phi) is 3.62. The normalized spacial score (nSPS) is 10.1. The lowest BCUT2D eigenvalue weighted by Gasteiger charge is -2.04. The van der Waals surface area contributed by atoms with Gasteiger partial charge in [-0.25, -0.2) is 0 Å². The molecule has 1 amide bonds. The van der Waals surface area contributed by atoms with Crippen LogP contribution in [0.25, 0.3) is 0 Å². The number of nitro benzene ring substituents is 1. The molecule has 0 spiro atoms. The van der Waals surface area contributed by atoms with Crippen LogP contribution in [0.5, 0.6) is 0 Å². The summed E-state index contributed by atoms with van der Waals surface area (Å²) in [6.07, 6.45) is 0. The maximum Gasteiger partial charge on any atom is 0.294 e. The minimum Gasteiger partial charge on any atom is -0.338 e. The number of hydrogen-bond donors (Lipinski definition) is 3. The third-order valence-electron chi connectivity index (χ3n) is 2.48. The van der Waals surface area contributed by atoms with Crippen LogP contribution >= 0.6 is 0 Å². The first-order valence-corrected chi connectivity index (χ1v) is 5.51. The van der Waals surface area contributed by atoms with Crippen LogP contribution in [0, 0.1) is 17.0 Å². The number of anilines is 2. The third kappa shape index (κ3) is 2.72. The van der Waals surface area contributed by atoms with E-state index in [-0.39, 0.29) is 22.8 Å². The number of nitrogens with zero attached hydrogens (tertiary/aromatic N) is 2. The Balaban J connectivity index is 2.26. The van der Waals surface area contributed by atoms with Gasteiger partial charge in [-0.05, 0) is 19.1 Å². The topological polar surface area (TPSA) is 136 Å². The van der Waals surface area contributed by atoms with Crippen molar-refractivity contribution in [3.8, 4) is 0 Å². The first kappa shape index (κ1) is 13.5. The van der Waals surface area contributed by atoms with E-state index in [0.717, 1.165) is 6.07 Å². The van der Waals surface area contributed by atoms with Crippen LogP contribution in [0.2, 0.25) is 0 Å². The molecular formula is C11H11N5O4. The number of rotatable bonds is 4. The number of hydrazine groups is 1. The van der Waals surface area contributed by atoms with Gasteiger partial charge in [0.15, 0.2) is 0 Å². The molecule has 0 aliphatic heterocycles. The fourth-order valence-electron chi connectivity index (χ4n) is 1.55. The zero-order valence-electron chi connectivity index (χ0n) is 10.4. The number of nitro groups is 1. The minimum atomic E-state index is -0.634. The van der Waals surface area contributed by atoms with E-state index in [1.54, 1.807) is 6.92 Å². The molecule has 9 heteroatoms. The predicted molar refractivity (Wildman–Crippen MR) is 70.1 cm³/mol. The van der Waals surface area contributed by atoms with Crippen molar-refractivity contribution in [3.05, 3.63) is 45.6 Å². The van der Waals surface area contributed by atoms with Gasteiger partial charge < -0.3 is 9.95 Å². The summed E-state index contributed by atoms with van der Waals surface area (Å²) in [5.74, 6) is 4.78. The molecule has 1 aromatic carbocycles. The van der Waals surface area contributed by atoms with Crippen LogP contribution in [0.1, 0.15) is 16.1 Å². The molecule has 1 heterocycles. The van der Waals surface area contributed by atoms with Gasteiger partial charge in [-0.3, -0.25) is 26.1 Å². The minimum absolute atomic E-state index is 0.102. The van der Waals surface area contributed by atoms with E-state index in [1.165, 1.54) is 18.2 Å².